The SMILES string of the molecule is O=C(O)c1cc(C2CC3(CCOCC3)C2)c2nc(N3C[C@@H]4C[C@H]3C[C@H]4OCc3c(-c4c(Cl)cccc4Cl)noc3C3CC3)sc2c1. The summed E-state index contributed by atoms with van der Waals surface area (Å²) in [5, 5.41) is 16.4. The van der Waals surface area contributed by atoms with E-state index in [9.17, 15) is 9.90 Å². The number of benzene rings is 2. The van der Waals surface area contributed by atoms with Crippen molar-refractivity contribution in [3.05, 3.63) is 62.8 Å². The molecular formula is C35H35Cl2N3O5S. The summed E-state index contributed by atoms with van der Waals surface area (Å²) in [6.07, 6.45) is 8.68. The molecular weight excluding hydrogens is 645 g/mol. The number of piperidine rings is 1. The summed E-state index contributed by atoms with van der Waals surface area (Å²) in [7, 11) is 0. The predicted molar refractivity (Wildman–Crippen MR) is 177 cm³/mol. The third kappa shape index (κ3) is 4.96. The van der Waals surface area contributed by atoms with E-state index in [0.29, 0.717) is 62.7 Å². The number of hydrogen-bond acceptors (Lipinski definition) is 8. The first-order valence-corrected chi connectivity index (χ1v) is 18.0. The number of fused-ring (bicyclic) bond motifs is 3. The summed E-state index contributed by atoms with van der Waals surface area (Å²) < 4.78 is 19.1. The molecule has 4 heterocycles. The average molecular weight is 681 g/mol. The first-order valence-electron chi connectivity index (χ1n) is 16.4. The number of nitrogens with zero attached hydrogens (tertiary/aromatic N) is 3. The van der Waals surface area contributed by atoms with Gasteiger partial charge < -0.3 is 24.0 Å². The lowest BCUT2D eigenvalue weighted by Gasteiger charge is -2.50. The molecule has 2 aromatic carbocycles. The van der Waals surface area contributed by atoms with Gasteiger partial charge in [0.1, 0.15) is 11.5 Å². The Morgan fingerprint density at radius 1 is 1.11 bits per heavy atom. The second kappa shape index (κ2) is 11.2. The van der Waals surface area contributed by atoms with Crippen LogP contribution in [-0.2, 0) is 16.1 Å². The number of ether oxygens (including phenoxy) is 2. The van der Waals surface area contributed by atoms with Crippen LogP contribution in [-0.4, -0.2) is 53.1 Å². The summed E-state index contributed by atoms with van der Waals surface area (Å²) in [5.41, 5.74) is 5.14. The lowest BCUT2D eigenvalue weighted by Crippen LogP contribution is -2.40. The normalized spacial score (nSPS) is 25.5. The number of hydrogen-bond donors (Lipinski definition) is 1. The van der Waals surface area contributed by atoms with Crippen LogP contribution in [0, 0.1) is 11.3 Å². The number of aromatic nitrogens is 2. The maximum Gasteiger partial charge on any atom is 0.335 e. The van der Waals surface area contributed by atoms with Gasteiger partial charge in [0, 0.05) is 48.8 Å². The van der Waals surface area contributed by atoms with Crippen LogP contribution in [0.25, 0.3) is 21.5 Å². The molecule has 2 saturated heterocycles. The largest absolute Gasteiger partial charge is 0.478 e. The van der Waals surface area contributed by atoms with Crippen molar-refractivity contribution < 1.29 is 23.9 Å². The van der Waals surface area contributed by atoms with E-state index in [1.165, 1.54) is 0 Å². The first kappa shape index (κ1) is 29.4. The minimum absolute atomic E-state index is 0.131. The van der Waals surface area contributed by atoms with Crippen molar-refractivity contribution in [1.29, 1.82) is 0 Å². The molecule has 0 radical (unpaired) electrons. The van der Waals surface area contributed by atoms with Crippen LogP contribution in [0.1, 0.15) is 90.4 Å². The van der Waals surface area contributed by atoms with Gasteiger partial charge in [0.05, 0.1) is 38.5 Å². The zero-order chi connectivity index (χ0) is 31.2. The van der Waals surface area contributed by atoms with Gasteiger partial charge in [-0.1, -0.05) is 45.8 Å². The lowest BCUT2D eigenvalue weighted by atomic mass is 9.56. The van der Waals surface area contributed by atoms with Crippen molar-refractivity contribution in [3.63, 3.8) is 0 Å². The van der Waals surface area contributed by atoms with E-state index in [1.807, 2.05) is 30.3 Å². The molecule has 4 aromatic rings. The van der Waals surface area contributed by atoms with Crippen LogP contribution < -0.4 is 4.90 Å². The molecule has 5 aliphatic rings. The van der Waals surface area contributed by atoms with Gasteiger partial charge in [0.2, 0.25) is 0 Å². The van der Waals surface area contributed by atoms with Crippen LogP contribution in [0.15, 0.2) is 34.9 Å². The van der Waals surface area contributed by atoms with Gasteiger partial charge in [0.15, 0.2) is 5.13 Å². The van der Waals surface area contributed by atoms with Crippen molar-refractivity contribution in [2.24, 2.45) is 11.3 Å². The van der Waals surface area contributed by atoms with Crippen molar-refractivity contribution in [2.75, 3.05) is 24.7 Å². The van der Waals surface area contributed by atoms with Gasteiger partial charge in [0.25, 0.3) is 0 Å². The molecule has 3 atom stereocenters. The van der Waals surface area contributed by atoms with Crippen LogP contribution in [0.2, 0.25) is 10.0 Å². The number of carboxylic acid groups (broad SMARTS) is 1. The molecule has 1 N–H and O–H groups in total. The second-order valence-corrected chi connectivity index (χ2v) is 15.9. The van der Waals surface area contributed by atoms with Crippen LogP contribution in [0.3, 0.4) is 0 Å². The van der Waals surface area contributed by atoms with E-state index in [0.717, 1.165) is 103 Å². The highest BCUT2D eigenvalue weighted by Crippen LogP contribution is 2.58. The molecule has 8 nitrogen and oxygen atoms in total. The van der Waals surface area contributed by atoms with Gasteiger partial charge in [-0.2, -0.15) is 0 Å². The number of aromatic carboxylic acids is 1. The summed E-state index contributed by atoms with van der Waals surface area (Å²) in [6.45, 7) is 2.96. The monoisotopic (exact) mass is 679 g/mol. The van der Waals surface area contributed by atoms with Crippen LogP contribution >= 0.6 is 34.5 Å². The van der Waals surface area contributed by atoms with E-state index in [1.54, 1.807) is 11.3 Å². The maximum absolute atomic E-state index is 12.1. The number of halogens is 2. The molecule has 2 aromatic heterocycles. The molecule has 11 heteroatoms. The fourth-order valence-electron chi connectivity index (χ4n) is 8.60. The number of carbonyl (C=O) groups is 1. The topological polar surface area (TPSA) is 97.9 Å². The van der Waals surface area contributed by atoms with Crippen molar-refractivity contribution in [2.45, 2.75) is 82.0 Å². The van der Waals surface area contributed by atoms with E-state index in [-0.39, 0.29) is 6.10 Å². The Balaban J connectivity index is 0.930. The molecule has 3 aliphatic carbocycles. The summed E-state index contributed by atoms with van der Waals surface area (Å²) >= 11 is 14.8. The van der Waals surface area contributed by atoms with Crippen LogP contribution in [0.4, 0.5) is 5.13 Å². The van der Waals surface area contributed by atoms with E-state index in [2.05, 4.69) is 10.1 Å². The Morgan fingerprint density at radius 3 is 2.59 bits per heavy atom. The maximum atomic E-state index is 12.1. The Kier molecular flexibility index (Phi) is 7.17. The van der Waals surface area contributed by atoms with E-state index < -0.39 is 5.97 Å². The molecule has 1 spiro atoms. The standard InChI is InChI=1S/C35H35Cl2N3O5S/c36-25-2-1-3-26(37)29(25)31-24(32(45-39-31)18-4-5-18)17-44-27-13-22-10-20(27)16-40(22)34-38-30-23(11-19(33(41)42)12-28(30)46-34)21-14-35(15-21)6-8-43-9-7-35/h1-3,11-12,18,20-22,27H,4-10,13-17H2,(H,41,42)/t20-,22-,27+/m0/s1. The molecule has 240 valence electrons. The Hall–Kier alpha value is -2.69. The first-order chi connectivity index (χ1) is 22.4. The molecule has 2 bridgehead atoms. The minimum atomic E-state index is -0.879. The highest BCUT2D eigenvalue weighted by atomic mass is 35.5. The molecule has 0 unspecified atom stereocenters. The van der Waals surface area contributed by atoms with Crippen molar-refractivity contribution >= 4 is 55.9 Å². The molecule has 3 saturated carbocycles. The van der Waals surface area contributed by atoms with E-state index >= 15 is 0 Å². The summed E-state index contributed by atoms with van der Waals surface area (Å²) in [5.74, 6) is 1.14. The van der Waals surface area contributed by atoms with Crippen molar-refractivity contribution in [3.8, 4) is 11.3 Å². The summed E-state index contributed by atoms with van der Waals surface area (Å²) in [6, 6.07) is 9.52. The average Bonchev–Trinajstić information content (AvgIpc) is 3.33. The van der Waals surface area contributed by atoms with Gasteiger partial charge in [-0.15, -0.1) is 0 Å². The second-order valence-electron chi connectivity index (χ2n) is 14.1. The number of thiazole rings is 1. The van der Waals surface area contributed by atoms with Gasteiger partial charge in [-0.05, 0) is 92.5 Å². The molecule has 0 amide bonds. The fourth-order valence-corrected chi connectivity index (χ4v) is 10.3. The molecule has 2 aliphatic heterocycles. The number of carboxylic acids is 1. The zero-order valence-corrected chi connectivity index (χ0v) is 27.7. The highest BCUT2D eigenvalue weighted by molar-refractivity contribution is 7.22. The molecule has 9 rings (SSSR count). The Morgan fingerprint density at radius 2 is 1.89 bits per heavy atom. The van der Waals surface area contributed by atoms with Gasteiger partial charge in [-0.3, -0.25) is 0 Å². The fraction of sp³-hybridized carbons (Fsp3) is 0.514. The third-order valence-corrected chi connectivity index (χ3v) is 12.9. The third-order valence-electron chi connectivity index (χ3n) is 11.2. The molecule has 46 heavy (non-hydrogen) atoms. The Bertz CT molecular complexity index is 1820. The van der Waals surface area contributed by atoms with Crippen molar-refractivity contribution in [1.82, 2.24) is 10.1 Å². The predicted octanol–water partition coefficient (Wildman–Crippen LogP) is 8.69. The lowest BCUT2D eigenvalue weighted by molar-refractivity contribution is -0.0395. The number of anilines is 1. The van der Waals surface area contributed by atoms with Gasteiger partial charge >= 0.3 is 5.97 Å². The Labute approximate surface area is 281 Å². The molecule has 5 fully saturated rings. The smallest absolute Gasteiger partial charge is 0.335 e. The summed E-state index contributed by atoms with van der Waals surface area (Å²) in [4.78, 5) is 19.7. The zero-order valence-electron chi connectivity index (χ0n) is 25.3. The highest BCUT2D eigenvalue weighted by Gasteiger charge is 2.48. The quantitative estimate of drug-likeness (QED) is 0.198. The van der Waals surface area contributed by atoms with Crippen LogP contribution in [0.5, 0.6) is 0 Å². The van der Waals surface area contributed by atoms with E-state index in [4.69, 9.17) is 42.2 Å². The van der Waals surface area contributed by atoms with Gasteiger partial charge in [-0.25, -0.2) is 9.78 Å². The minimum Gasteiger partial charge on any atom is -0.478 e. The number of rotatable bonds is 8.